The third-order valence-electron chi connectivity index (χ3n) is 6.14. The van der Waals surface area contributed by atoms with E-state index in [0.29, 0.717) is 28.5 Å². The molecule has 0 fully saturated rings. The van der Waals surface area contributed by atoms with Crippen LogP contribution in [0.4, 0.5) is 20.3 Å². The maximum atomic E-state index is 12.7. The Labute approximate surface area is 242 Å². The predicted octanol–water partition coefficient (Wildman–Crippen LogP) is 2.63. The van der Waals surface area contributed by atoms with E-state index in [4.69, 9.17) is 4.74 Å². The summed E-state index contributed by atoms with van der Waals surface area (Å²) in [5, 5.41) is 21.8. The van der Waals surface area contributed by atoms with E-state index in [9.17, 15) is 18.4 Å². The Morgan fingerprint density at radius 1 is 1.09 bits per heavy atom. The average molecular weight is 593 g/mol. The highest BCUT2D eigenvalue weighted by Crippen LogP contribution is 2.27. The average Bonchev–Trinajstić information content (AvgIpc) is 3.67. The topological polar surface area (TPSA) is 173 Å². The normalized spacial score (nSPS) is 11.1. The summed E-state index contributed by atoms with van der Waals surface area (Å²) in [5.74, 6) is 0.282. The molecule has 0 spiro atoms. The number of halogens is 2. The highest BCUT2D eigenvalue weighted by Gasteiger charge is 2.14. The van der Waals surface area contributed by atoms with Gasteiger partial charge in [-0.15, -0.1) is 10.2 Å². The third kappa shape index (κ3) is 7.42. The van der Waals surface area contributed by atoms with Crippen LogP contribution in [0.25, 0.3) is 16.9 Å². The zero-order valence-electron chi connectivity index (χ0n) is 22.8. The summed E-state index contributed by atoms with van der Waals surface area (Å²) in [6.07, 6.45) is 5.02. The van der Waals surface area contributed by atoms with Crippen LogP contribution in [0.3, 0.4) is 0 Å². The number of alkyl halides is 2. The Kier molecular flexibility index (Phi) is 9.06. The number of rotatable bonds is 13. The lowest BCUT2D eigenvalue weighted by molar-refractivity contribution is -0.125. The molecule has 0 saturated heterocycles. The number of nitrogens with zero attached hydrogens (tertiary/aromatic N) is 6. The molecule has 5 aromatic rings. The van der Waals surface area contributed by atoms with Gasteiger partial charge in [0, 0.05) is 35.8 Å². The van der Waals surface area contributed by atoms with Crippen molar-refractivity contribution >= 4 is 29.0 Å². The lowest BCUT2D eigenvalue weighted by Gasteiger charge is -2.12. The van der Waals surface area contributed by atoms with E-state index in [0.717, 1.165) is 16.8 Å². The number of nitrogens with one attached hydrogen (secondary N) is 4. The van der Waals surface area contributed by atoms with E-state index in [1.54, 1.807) is 42.9 Å². The largest absolute Gasteiger partial charge is 0.435 e. The molecule has 0 radical (unpaired) electrons. The lowest BCUT2D eigenvalue weighted by atomic mass is 10.1. The number of aromatic nitrogens is 7. The summed E-state index contributed by atoms with van der Waals surface area (Å²) in [5.41, 5.74) is 3.95. The highest BCUT2D eigenvalue weighted by atomic mass is 19.3. The van der Waals surface area contributed by atoms with Gasteiger partial charge in [0.15, 0.2) is 17.3 Å². The maximum absolute atomic E-state index is 12.7. The second-order valence-corrected chi connectivity index (χ2v) is 9.08. The molecule has 0 saturated carbocycles. The molecule has 2 aromatic carbocycles. The number of amides is 2. The van der Waals surface area contributed by atoms with E-state index >= 15 is 0 Å². The van der Waals surface area contributed by atoms with Crippen molar-refractivity contribution in [2.24, 2.45) is 0 Å². The quantitative estimate of drug-likeness (QED) is 0.149. The fourth-order valence-electron chi connectivity index (χ4n) is 4.14. The molecule has 3 heterocycles. The van der Waals surface area contributed by atoms with Gasteiger partial charge in [0.2, 0.25) is 5.91 Å². The van der Waals surface area contributed by atoms with Crippen molar-refractivity contribution in [3.8, 4) is 17.0 Å². The van der Waals surface area contributed by atoms with Gasteiger partial charge in [-0.25, -0.2) is 9.97 Å². The first-order chi connectivity index (χ1) is 20.9. The zero-order chi connectivity index (χ0) is 30.2. The number of imidazole rings is 1. The van der Waals surface area contributed by atoms with Gasteiger partial charge in [0.1, 0.15) is 12.4 Å². The van der Waals surface area contributed by atoms with Crippen LogP contribution in [0, 0.1) is 6.92 Å². The molecule has 14 nitrogen and oxygen atoms in total. The molecule has 0 atom stereocenters. The van der Waals surface area contributed by atoms with Crippen molar-refractivity contribution in [3.05, 3.63) is 78.0 Å². The van der Waals surface area contributed by atoms with Crippen molar-refractivity contribution in [1.29, 1.82) is 0 Å². The Hall–Kier alpha value is -5.51. The van der Waals surface area contributed by atoms with Gasteiger partial charge in [-0.3, -0.25) is 14.0 Å². The number of benzene rings is 2. The Bertz CT molecular complexity index is 1690. The van der Waals surface area contributed by atoms with Crippen LogP contribution in [-0.4, -0.2) is 73.2 Å². The van der Waals surface area contributed by atoms with Gasteiger partial charge in [-0.1, -0.05) is 5.21 Å². The molecule has 0 aliphatic rings. The van der Waals surface area contributed by atoms with Crippen LogP contribution in [-0.2, 0) is 16.1 Å². The number of hydrogen-bond acceptors (Lipinski definition) is 10. The second-order valence-electron chi connectivity index (χ2n) is 9.08. The van der Waals surface area contributed by atoms with Crippen molar-refractivity contribution in [2.75, 3.05) is 25.1 Å². The molecule has 0 aliphatic heterocycles. The summed E-state index contributed by atoms with van der Waals surface area (Å²) in [6.45, 7) is -0.758. The van der Waals surface area contributed by atoms with E-state index in [-0.39, 0.29) is 43.9 Å². The van der Waals surface area contributed by atoms with Crippen LogP contribution in [0.5, 0.6) is 5.75 Å². The highest BCUT2D eigenvalue weighted by molar-refractivity contribution is 5.96. The molecule has 222 valence electrons. The molecule has 4 N–H and O–H groups in total. The second kappa shape index (κ2) is 13.4. The molecule has 0 unspecified atom stereocenters. The number of anilines is 2. The van der Waals surface area contributed by atoms with Crippen molar-refractivity contribution in [1.82, 2.24) is 45.6 Å². The number of H-pyrrole nitrogens is 1. The van der Waals surface area contributed by atoms with E-state index in [2.05, 4.69) is 51.3 Å². The van der Waals surface area contributed by atoms with Crippen LogP contribution in [0.15, 0.2) is 61.1 Å². The van der Waals surface area contributed by atoms with Gasteiger partial charge >= 0.3 is 6.61 Å². The Morgan fingerprint density at radius 2 is 1.93 bits per heavy atom. The number of ether oxygens (including phenoxy) is 2. The Balaban J connectivity index is 1.14. The predicted molar refractivity (Wildman–Crippen MR) is 149 cm³/mol. The minimum absolute atomic E-state index is 0.0656. The van der Waals surface area contributed by atoms with E-state index in [1.807, 2.05) is 17.4 Å². The summed E-state index contributed by atoms with van der Waals surface area (Å²) < 4.78 is 36.5. The SMILES string of the molecule is Cc1cc(Nc2nccn3c(-c4ccc(OC(F)F)cc4)cnc23)ccc1C(=O)NCCOCC(=O)NCc1nn[nH]n1. The minimum atomic E-state index is -2.89. The maximum Gasteiger partial charge on any atom is 0.387 e. The number of fused-ring (bicyclic) bond motifs is 1. The summed E-state index contributed by atoms with van der Waals surface area (Å²) >= 11 is 0. The summed E-state index contributed by atoms with van der Waals surface area (Å²) in [7, 11) is 0. The van der Waals surface area contributed by atoms with Crippen molar-refractivity contribution in [2.45, 2.75) is 20.1 Å². The fraction of sp³-hybridized carbons (Fsp3) is 0.222. The van der Waals surface area contributed by atoms with Crippen molar-refractivity contribution < 1.29 is 27.8 Å². The number of hydrogen-bond donors (Lipinski definition) is 4. The molecular weight excluding hydrogens is 566 g/mol. The standard InChI is InChI=1S/C27H26F2N10O4/c1-16-12-18(4-7-20(16)26(41)31-9-11-42-15-23(40)32-14-22-35-37-38-36-22)34-24-25-33-13-21(39(25)10-8-30-24)17-2-5-19(6-3-17)43-27(28)29/h2-8,10,12-13,27H,9,11,14-15H2,1H3,(H,30,34)(H,31,41)(H,32,40)(H,35,36,37,38). The lowest BCUT2D eigenvalue weighted by Crippen LogP contribution is -2.31. The first-order valence-electron chi connectivity index (χ1n) is 13.0. The first kappa shape index (κ1) is 29.0. The van der Waals surface area contributed by atoms with Crippen LogP contribution >= 0.6 is 0 Å². The molecule has 5 rings (SSSR count). The minimum Gasteiger partial charge on any atom is -0.435 e. The number of aromatic amines is 1. The summed E-state index contributed by atoms with van der Waals surface area (Å²) in [6, 6.07) is 11.5. The molecule has 0 aliphatic carbocycles. The molecule has 2 amide bonds. The van der Waals surface area contributed by atoms with Crippen molar-refractivity contribution in [3.63, 3.8) is 0 Å². The third-order valence-corrected chi connectivity index (χ3v) is 6.14. The number of carbonyl (C=O) groups excluding carboxylic acids is 2. The zero-order valence-corrected chi connectivity index (χ0v) is 22.8. The molecule has 16 heteroatoms. The number of aryl methyl sites for hydroxylation is 1. The van der Waals surface area contributed by atoms with Gasteiger partial charge in [-0.2, -0.15) is 14.0 Å². The van der Waals surface area contributed by atoms with E-state index in [1.165, 1.54) is 12.1 Å². The summed E-state index contributed by atoms with van der Waals surface area (Å²) in [4.78, 5) is 33.4. The van der Waals surface area contributed by atoms with Crippen LogP contribution < -0.4 is 20.7 Å². The molecular formula is C27H26F2N10O4. The van der Waals surface area contributed by atoms with Gasteiger partial charge in [0.05, 0.1) is 25.0 Å². The monoisotopic (exact) mass is 592 g/mol. The van der Waals surface area contributed by atoms with E-state index < -0.39 is 6.61 Å². The van der Waals surface area contributed by atoms with Gasteiger partial charge < -0.3 is 25.4 Å². The number of tetrazole rings is 1. The molecule has 43 heavy (non-hydrogen) atoms. The van der Waals surface area contributed by atoms with Gasteiger partial charge in [-0.05, 0) is 55.0 Å². The van der Waals surface area contributed by atoms with Gasteiger partial charge in [0.25, 0.3) is 5.91 Å². The number of carbonyl (C=O) groups is 2. The molecule has 0 bridgehead atoms. The smallest absolute Gasteiger partial charge is 0.387 e. The fourth-order valence-corrected chi connectivity index (χ4v) is 4.14. The van der Waals surface area contributed by atoms with Crippen LogP contribution in [0.2, 0.25) is 0 Å². The molecule has 3 aromatic heterocycles. The Morgan fingerprint density at radius 3 is 2.67 bits per heavy atom. The first-order valence-corrected chi connectivity index (χ1v) is 13.0. The van der Waals surface area contributed by atoms with Crippen LogP contribution in [0.1, 0.15) is 21.7 Å².